The van der Waals surface area contributed by atoms with Crippen molar-refractivity contribution < 1.29 is 8.42 Å². The van der Waals surface area contributed by atoms with Crippen molar-refractivity contribution in [3.8, 4) is 0 Å². The number of benzene rings is 1. The van der Waals surface area contributed by atoms with Gasteiger partial charge in [0.25, 0.3) is 0 Å². The van der Waals surface area contributed by atoms with Crippen LogP contribution in [0.2, 0.25) is 0 Å². The summed E-state index contributed by atoms with van der Waals surface area (Å²) in [4.78, 5) is 0.462. The minimum Gasteiger partial charge on any atom is -0.324 e. The Morgan fingerprint density at radius 1 is 1.13 bits per heavy atom. The summed E-state index contributed by atoms with van der Waals surface area (Å²) in [5.41, 5.74) is 8.04. The van der Waals surface area contributed by atoms with Crippen LogP contribution in [-0.2, 0) is 9.84 Å². The molecule has 3 rings (SSSR count). The molecule has 2 aliphatic rings. The molecule has 0 unspecified atom stereocenters. The van der Waals surface area contributed by atoms with Gasteiger partial charge in [0.05, 0.1) is 10.1 Å². The van der Waals surface area contributed by atoms with Gasteiger partial charge in [0.15, 0.2) is 9.84 Å². The van der Waals surface area contributed by atoms with Gasteiger partial charge in [-0.25, -0.2) is 8.42 Å². The summed E-state index contributed by atoms with van der Waals surface area (Å²) in [5, 5.41) is -0.210. The number of allylic oxidation sites excluding steroid dienone is 1. The van der Waals surface area contributed by atoms with Crippen LogP contribution in [0.5, 0.6) is 0 Å². The average Bonchev–Trinajstić information content (AvgIpc) is 3.37. The molecule has 0 saturated heterocycles. The Kier molecular flexibility index (Phi) is 4.93. The molecule has 0 heterocycles. The molecule has 2 aliphatic carbocycles. The molecule has 126 valence electrons. The molecule has 0 radical (unpaired) electrons. The van der Waals surface area contributed by atoms with E-state index in [2.05, 4.69) is 12.2 Å². The Labute approximate surface area is 139 Å². The molecule has 2 fully saturated rings. The molecule has 1 aromatic carbocycles. The van der Waals surface area contributed by atoms with Gasteiger partial charge in [-0.05, 0) is 61.8 Å². The first-order valence-electron chi connectivity index (χ1n) is 8.80. The fourth-order valence-corrected chi connectivity index (χ4v) is 5.27. The van der Waals surface area contributed by atoms with Crippen LogP contribution in [0.15, 0.2) is 29.2 Å². The van der Waals surface area contributed by atoms with Crippen LogP contribution in [0.25, 0.3) is 6.08 Å². The Morgan fingerprint density at radius 2 is 1.83 bits per heavy atom. The molecule has 0 bridgehead atoms. The Morgan fingerprint density at radius 3 is 2.43 bits per heavy atom. The van der Waals surface area contributed by atoms with E-state index in [-0.39, 0.29) is 11.3 Å². The van der Waals surface area contributed by atoms with Gasteiger partial charge in [0.2, 0.25) is 0 Å². The van der Waals surface area contributed by atoms with E-state index in [1.165, 1.54) is 12.8 Å². The van der Waals surface area contributed by atoms with Crippen molar-refractivity contribution in [2.75, 3.05) is 0 Å². The highest BCUT2D eigenvalue weighted by molar-refractivity contribution is 7.92. The summed E-state index contributed by atoms with van der Waals surface area (Å²) < 4.78 is 25.8. The molecule has 2 saturated carbocycles. The largest absolute Gasteiger partial charge is 0.324 e. The van der Waals surface area contributed by atoms with Crippen LogP contribution in [0.4, 0.5) is 0 Å². The maximum Gasteiger partial charge on any atom is 0.181 e. The monoisotopic (exact) mass is 333 g/mol. The van der Waals surface area contributed by atoms with E-state index in [9.17, 15) is 8.42 Å². The van der Waals surface area contributed by atoms with Gasteiger partial charge < -0.3 is 5.73 Å². The predicted molar refractivity (Wildman–Crippen MR) is 94.9 cm³/mol. The highest BCUT2D eigenvalue weighted by Gasteiger charge is 2.29. The van der Waals surface area contributed by atoms with Crippen molar-refractivity contribution in [2.24, 2.45) is 11.7 Å². The molecule has 0 aromatic heterocycles. The lowest BCUT2D eigenvalue weighted by Gasteiger charge is -2.22. The number of hydrogen-bond acceptors (Lipinski definition) is 3. The maximum atomic E-state index is 12.9. The summed E-state index contributed by atoms with van der Waals surface area (Å²) in [5.74, 6) is 0.662. The first kappa shape index (κ1) is 16.7. The van der Waals surface area contributed by atoms with Crippen molar-refractivity contribution in [2.45, 2.75) is 68.1 Å². The van der Waals surface area contributed by atoms with Crippen LogP contribution in [0.3, 0.4) is 0 Å². The second-order valence-corrected chi connectivity index (χ2v) is 9.31. The van der Waals surface area contributed by atoms with Crippen LogP contribution in [0.1, 0.15) is 69.0 Å². The Hall–Kier alpha value is -1.13. The third-order valence-electron chi connectivity index (χ3n) is 5.04. The van der Waals surface area contributed by atoms with Gasteiger partial charge in [0.1, 0.15) is 0 Å². The minimum absolute atomic E-state index is 0.0970. The highest BCUT2D eigenvalue weighted by Crippen LogP contribution is 2.33. The second kappa shape index (κ2) is 6.78. The van der Waals surface area contributed by atoms with Gasteiger partial charge in [-0.15, -0.1) is 0 Å². The second-order valence-electron chi connectivity index (χ2n) is 7.08. The number of rotatable bonds is 5. The van der Waals surface area contributed by atoms with Gasteiger partial charge in [0, 0.05) is 6.04 Å². The maximum absolute atomic E-state index is 12.9. The quantitative estimate of drug-likeness (QED) is 0.877. The lowest BCUT2D eigenvalue weighted by atomic mass is 10.0. The first-order valence-corrected chi connectivity index (χ1v) is 10.3. The smallest absolute Gasteiger partial charge is 0.181 e. The average molecular weight is 333 g/mol. The molecule has 1 aromatic rings. The summed E-state index contributed by atoms with van der Waals surface area (Å²) >= 11 is 0. The minimum atomic E-state index is -3.22. The third-order valence-corrected chi connectivity index (χ3v) is 7.30. The lowest BCUT2D eigenvalue weighted by Crippen LogP contribution is -2.24. The summed E-state index contributed by atoms with van der Waals surface area (Å²) in [7, 11) is -3.22. The Balaban J connectivity index is 1.94. The SMILES string of the molecule is C[C@H](N)c1ccc(S(=O)(=O)C2CCCCC2)cc1/C=C/C1CC1. The third kappa shape index (κ3) is 3.86. The molecule has 0 aliphatic heterocycles. The molecule has 1 atom stereocenters. The van der Waals surface area contributed by atoms with E-state index < -0.39 is 9.84 Å². The normalized spacial score (nSPS) is 21.7. The molecule has 2 N–H and O–H groups in total. The first-order chi connectivity index (χ1) is 11.0. The number of sulfone groups is 1. The van der Waals surface area contributed by atoms with Gasteiger partial charge in [-0.2, -0.15) is 0 Å². The molecule has 0 spiro atoms. The zero-order valence-corrected chi connectivity index (χ0v) is 14.7. The molecule has 0 amide bonds. The molecule has 4 heteroatoms. The van der Waals surface area contributed by atoms with E-state index in [4.69, 9.17) is 5.73 Å². The zero-order chi connectivity index (χ0) is 16.4. The summed E-state index contributed by atoms with van der Waals surface area (Å²) in [6.07, 6.45) is 11.5. The van der Waals surface area contributed by atoms with Crippen molar-refractivity contribution in [3.05, 3.63) is 35.4 Å². The van der Waals surface area contributed by atoms with Gasteiger partial charge >= 0.3 is 0 Å². The van der Waals surface area contributed by atoms with Crippen molar-refractivity contribution in [1.29, 1.82) is 0 Å². The van der Waals surface area contributed by atoms with E-state index in [0.29, 0.717) is 10.8 Å². The molecular weight excluding hydrogens is 306 g/mol. The fraction of sp³-hybridized carbons (Fsp3) is 0.579. The molecular formula is C19H27NO2S. The van der Waals surface area contributed by atoms with Crippen LogP contribution in [-0.4, -0.2) is 13.7 Å². The Bertz CT molecular complexity index is 681. The van der Waals surface area contributed by atoms with Crippen molar-refractivity contribution in [3.63, 3.8) is 0 Å². The lowest BCUT2D eigenvalue weighted by molar-refractivity contribution is 0.483. The fourth-order valence-electron chi connectivity index (χ4n) is 3.39. The number of nitrogens with two attached hydrogens (primary N) is 1. The van der Waals surface area contributed by atoms with E-state index in [1.807, 2.05) is 19.1 Å². The standard InChI is InChI=1S/C19H27NO2S/c1-14(20)19-12-11-18(13-16(19)10-9-15-7-8-15)23(21,22)17-5-3-2-4-6-17/h9-15,17H,2-8,20H2,1H3/b10-9+/t14-/m0/s1. The van der Waals surface area contributed by atoms with Crippen molar-refractivity contribution >= 4 is 15.9 Å². The van der Waals surface area contributed by atoms with Crippen molar-refractivity contribution in [1.82, 2.24) is 0 Å². The van der Waals surface area contributed by atoms with Crippen LogP contribution >= 0.6 is 0 Å². The summed E-state index contributed by atoms with van der Waals surface area (Å²) in [6, 6.07) is 5.38. The molecule has 3 nitrogen and oxygen atoms in total. The summed E-state index contributed by atoms with van der Waals surface area (Å²) in [6.45, 7) is 1.94. The zero-order valence-electron chi connectivity index (χ0n) is 13.9. The van der Waals surface area contributed by atoms with E-state index >= 15 is 0 Å². The molecule has 23 heavy (non-hydrogen) atoms. The topological polar surface area (TPSA) is 60.2 Å². The van der Waals surface area contributed by atoms with Gasteiger partial charge in [-0.1, -0.05) is 37.5 Å². The number of hydrogen-bond donors (Lipinski definition) is 1. The van der Waals surface area contributed by atoms with E-state index in [0.717, 1.165) is 43.2 Å². The predicted octanol–water partition coefficient (Wildman–Crippen LogP) is 4.24. The van der Waals surface area contributed by atoms with E-state index in [1.54, 1.807) is 6.07 Å². The van der Waals surface area contributed by atoms with Crippen LogP contribution < -0.4 is 5.73 Å². The van der Waals surface area contributed by atoms with Crippen LogP contribution in [0, 0.1) is 5.92 Å². The van der Waals surface area contributed by atoms with Gasteiger partial charge in [-0.3, -0.25) is 0 Å². The highest BCUT2D eigenvalue weighted by atomic mass is 32.2.